The quantitative estimate of drug-likeness (QED) is 0.503. The van der Waals surface area contributed by atoms with Gasteiger partial charge in [0.05, 0.1) is 29.6 Å². The van der Waals surface area contributed by atoms with E-state index in [1.165, 1.54) is 18.5 Å². The number of rotatable bonds is 5. The van der Waals surface area contributed by atoms with Crippen molar-refractivity contribution >= 4 is 23.0 Å². The monoisotopic (exact) mass is 513 g/mol. The highest BCUT2D eigenvalue weighted by atomic mass is 19.4. The molecular weight excluding hydrogens is 491 g/mol. The van der Waals surface area contributed by atoms with Gasteiger partial charge in [-0.15, -0.1) is 0 Å². The van der Waals surface area contributed by atoms with Gasteiger partial charge in [0.15, 0.2) is 5.69 Å². The van der Waals surface area contributed by atoms with Gasteiger partial charge < -0.3 is 19.9 Å². The lowest BCUT2D eigenvalue weighted by Crippen LogP contribution is -2.54. The molecule has 4 heterocycles. The maximum atomic E-state index is 13.9. The number of nitriles is 1. The number of carbonyl (C=O) groups excluding carboxylic acids is 2. The van der Waals surface area contributed by atoms with E-state index in [9.17, 15) is 28.0 Å². The van der Waals surface area contributed by atoms with Gasteiger partial charge in [-0.3, -0.25) is 9.69 Å². The van der Waals surface area contributed by atoms with Crippen LogP contribution in [0.4, 0.5) is 18.0 Å². The number of ether oxygens (including phenoxy) is 1. The Bertz CT molecular complexity index is 1440. The standard InChI is InChI=1S/C24H22F3N7O3/c1-33-13-30-20-17(12-28)31-16(11-18(20)33)14-2-3-19(15(10-14)24(25,26)27)37-9-8-34-21(35)23(32-22(34)36)4-6-29-7-5-23/h2-3,10-11,13,29H,4-9H2,1H3,(H,32,36). The van der Waals surface area contributed by atoms with E-state index in [4.69, 9.17) is 4.74 Å². The maximum absolute atomic E-state index is 13.9. The summed E-state index contributed by atoms with van der Waals surface area (Å²) in [6.45, 7) is 0.655. The number of pyridine rings is 1. The predicted octanol–water partition coefficient (Wildman–Crippen LogP) is 2.58. The lowest BCUT2D eigenvalue weighted by Gasteiger charge is -2.31. The summed E-state index contributed by atoms with van der Waals surface area (Å²) in [5.41, 5.74) is -0.778. The predicted molar refractivity (Wildman–Crippen MR) is 124 cm³/mol. The van der Waals surface area contributed by atoms with Crippen LogP contribution in [-0.2, 0) is 18.0 Å². The molecule has 2 N–H and O–H groups in total. The molecule has 0 unspecified atom stereocenters. The number of halogens is 3. The van der Waals surface area contributed by atoms with Gasteiger partial charge in [0.2, 0.25) is 0 Å². The number of piperidine rings is 1. The summed E-state index contributed by atoms with van der Waals surface area (Å²) >= 11 is 0. The van der Waals surface area contributed by atoms with Gasteiger partial charge in [-0.25, -0.2) is 14.8 Å². The molecule has 37 heavy (non-hydrogen) atoms. The normalized spacial score (nSPS) is 17.3. The van der Waals surface area contributed by atoms with Gasteiger partial charge in [0, 0.05) is 12.6 Å². The van der Waals surface area contributed by atoms with E-state index >= 15 is 0 Å². The Hall–Kier alpha value is -4.18. The molecule has 3 amide bonds. The van der Waals surface area contributed by atoms with E-state index in [0.717, 1.165) is 11.0 Å². The van der Waals surface area contributed by atoms with Crippen molar-refractivity contribution in [2.75, 3.05) is 26.2 Å². The molecule has 5 rings (SSSR count). The Morgan fingerprint density at radius 1 is 1.22 bits per heavy atom. The third kappa shape index (κ3) is 4.33. The fraction of sp³-hybridized carbons (Fsp3) is 0.375. The highest BCUT2D eigenvalue weighted by Gasteiger charge is 2.51. The van der Waals surface area contributed by atoms with E-state index in [0.29, 0.717) is 37.0 Å². The van der Waals surface area contributed by atoms with Crippen molar-refractivity contribution in [2.24, 2.45) is 7.05 Å². The summed E-state index contributed by atoms with van der Waals surface area (Å²) in [5.74, 6) is -0.832. The van der Waals surface area contributed by atoms with E-state index in [2.05, 4.69) is 20.6 Å². The van der Waals surface area contributed by atoms with Crippen LogP contribution < -0.4 is 15.4 Å². The molecule has 2 saturated heterocycles. The molecule has 192 valence electrons. The number of hydrogen-bond donors (Lipinski definition) is 2. The molecule has 0 radical (unpaired) electrons. The van der Waals surface area contributed by atoms with Crippen molar-refractivity contribution in [3.63, 3.8) is 0 Å². The van der Waals surface area contributed by atoms with E-state index < -0.39 is 29.1 Å². The summed E-state index contributed by atoms with van der Waals surface area (Å²) in [6.07, 6.45) is -2.37. The topological polar surface area (TPSA) is 125 Å². The van der Waals surface area contributed by atoms with Gasteiger partial charge in [0.25, 0.3) is 5.91 Å². The van der Waals surface area contributed by atoms with Crippen LogP contribution in [0.5, 0.6) is 5.75 Å². The Morgan fingerprint density at radius 3 is 2.68 bits per heavy atom. The molecular formula is C24H22F3N7O3. The van der Waals surface area contributed by atoms with E-state index in [1.54, 1.807) is 17.7 Å². The summed E-state index contributed by atoms with van der Waals surface area (Å²) in [6, 6.07) is 6.40. The lowest BCUT2D eigenvalue weighted by molar-refractivity contribution is -0.139. The minimum absolute atomic E-state index is 0.00191. The fourth-order valence-electron chi connectivity index (χ4n) is 4.71. The zero-order chi connectivity index (χ0) is 26.4. The van der Waals surface area contributed by atoms with Crippen molar-refractivity contribution in [3.8, 4) is 23.1 Å². The number of aromatic nitrogens is 3. The average molecular weight is 513 g/mol. The van der Waals surface area contributed by atoms with Crippen LogP contribution in [0.2, 0.25) is 0 Å². The second-order valence-corrected chi connectivity index (χ2v) is 8.97. The Labute approximate surface area is 209 Å². The number of alkyl halides is 3. The fourth-order valence-corrected chi connectivity index (χ4v) is 4.71. The van der Waals surface area contributed by atoms with Gasteiger partial charge >= 0.3 is 12.2 Å². The number of amides is 3. The van der Waals surface area contributed by atoms with Crippen LogP contribution in [0.25, 0.3) is 22.3 Å². The molecule has 0 bridgehead atoms. The zero-order valence-electron chi connectivity index (χ0n) is 19.7. The first-order valence-electron chi connectivity index (χ1n) is 11.5. The second kappa shape index (κ2) is 9.04. The molecule has 3 aromatic rings. The number of imide groups is 1. The van der Waals surface area contributed by atoms with Gasteiger partial charge in [0.1, 0.15) is 29.5 Å². The zero-order valence-corrected chi connectivity index (χ0v) is 19.7. The molecule has 0 aliphatic carbocycles. The number of imidazole rings is 1. The summed E-state index contributed by atoms with van der Waals surface area (Å²) in [7, 11) is 1.71. The van der Waals surface area contributed by atoms with Gasteiger partial charge in [-0.1, -0.05) is 0 Å². The number of hydrogen-bond acceptors (Lipinski definition) is 7. The SMILES string of the molecule is Cn1cnc2c(C#N)nc(-c3ccc(OCCN4C(=O)NC5(CCNCC5)C4=O)c(C(F)(F)F)c3)cc21. The van der Waals surface area contributed by atoms with Crippen LogP contribution in [0.1, 0.15) is 24.1 Å². The van der Waals surface area contributed by atoms with E-state index in [-0.39, 0.29) is 36.0 Å². The van der Waals surface area contributed by atoms with Crippen molar-refractivity contribution in [3.05, 3.63) is 41.9 Å². The van der Waals surface area contributed by atoms with E-state index in [1.807, 2.05) is 6.07 Å². The number of aryl methyl sites for hydroxylation is 1. The largest absolute Gasteiger partial charge is 0.491 e. The van der Waals surface area contributed by atoms with Crippen LogP contribution in [0.3, 0.4) is 0 Å². The minimum atomic E-state index is -4.75. The van der Waals surface area contributed by atoms with Crippen LogP contribution in [0.15, 0.2) is 30.6 Å². The van der Waals surface area contributed by atoms with Gasteiger partial charge in [-0.05, 0) is 50.2 Å². The first kappa shape index (κ1) is 24.5. The molecule has 0 saturated carbocycles. The molecule has 0 atom stereocenters. The second-order valence-electron chi connectivity index (χ2n) is 8.97. The molecule has 2 aliphatic heterocycles. The number of urea groups is 1. The number of fused-ring (bicyclic) bond motifs is 1. The number of carbonyl (C=O) groups is 2. The summed E-state index contributed by atoms with van der Waals surface area (Å²) in [4.78, 5) is 34.5. The molecule has 2 fully saturated rings. The summed E-state index contributed by atoms with van der Waals surface area (Å²) in [5, 5.41) is 15.3. The Balaban J connectivity index is 1.38. The average Bonchev–Trinajstić information content (AvgIpc) is 3.35. The van der Waals surface area contributed by atoms with Crippen LogP contribution >= 0.6 is 0 Å². The van der Waals surface area contributed by atoms with Crippen molar-refractivity contribution < 1.29 is 27.5 Å². The summed E-state index contributed by atoms with van der Waals surface area (Å²) < 4.78 is 48.9. The molecule has 2 aromatic heterocycles. The minimum Gasteiger partial charge on any atom is -0.491 e. The van der Waals surface area contributed by atoms with Crippen molar-refractivity contribution in [1.82, 2.24) is 30.1 Å². The number of benzene rings is 1. The molecule has 1 spiro atoms. The third-order valence-electron chi connectivity index (χ3n) is 6.67. The van der Waals surface area contributed by atoms with Gasteiger partial charge in [-0.2, -0.15) is 18.4 Å². The molecule has 13 heteroatoms. The van der Waals surface area contributed by atoms with Crippen LogP contribution in [-0.4, -0.2) is 63.2 Å². The van der Waals surface area contributed by atoms with Crippen molar-refractivity contribution in [2.45, 2.75) is 24.6 Å². The molecule has 10 nitrogen and oxygen atoms in total. The first-order chi connectivity index (χ1) is 17.6. The van der Waals surface area contributed by atoms with Crippen LogP contribution in [0, 0.1) is 11.3 Å². The molecule has 2 aliphatic rings. The maximum Gasteiger partial charge on any atom is 0.419 e. The Kier molecular flexibility index (Phi) is 5.99. The van der Waals surface area contributed by atoms with Crippen molar-refractivity contribution in [1.29, 1.82) is 5.26 Å². The molecule has 1 aromatic carbocycles. The first-order valence-corrected chi connectivity index (χ1v) is 11.5. The number of nitrogens with zero attached hydrogens (tertiary/aromatic N) is 5. The lowest BCUT2D eigenvalue weighted by atomic mass is 9.88. The highest BCUT2D eigenvalue weighted by Crippen LogP contribution is 2.39. The Morgan fingerprint density at radius 2 is 1.97 bits per heavy atom. The number of nitrogens with one attached hydrogen (secondary N) is 2. The highest BCUT2D eigenvalue weighted by molar-refractivity contribution is 6.07. The smallest absolute Gasteiger partial charge is 0.419 e. The third-order valence-corrected chi connectivity index (χ3v) is 6.67.